The number of aromatic nitrogens is 2. The molecule has 232 valence electrons. The molecule has 0 bridgehead atoms. The normalized spacial score (nSPS) is 17.7. The van der Waals surface area contributed by atoms with E-state index >= 15 is 0 Å². The largest absolute Gasteiger partial charge is 0.489 e. The smallest absolute Gasteiger partial charge is 0.260 e. The van der Waals surface area contributed by atoms with Crippen molar-refractivity contribution in [3.8, 4) is 11.5 Å². The highest BCUT2D eigenvalue weighted by Crippen LogP contribution is 2.43. The first-order valence-corrected chi connectivity index (χ1v) is 15.0. The number of carbonyl (C=O) groups excluding carboxylic acids is 1. The van der Waals surface area contributed by atoms with Crippen LogP contribution < -0.4 is 14.8 Å². The van der Waals surface area contributed by atoms with Crippen molar-refractivity contribution in [2.45, 2.75) is 73.5 Å². The average Bonchev–Trinajstić information content (AvgIpc) is 3.57. The zero-order chi connectivity index (χ0) is 31.4. The number of benzene rings is 2. The van der Waals surface area contributed by atoms with Crippen molar-refractivity contribution in [3.63, 3.8) is 0 Å². The molecule has 0 saturated heterocycles. The van der Waals surface area contributed by atoms with Crippen LogP contribution in [0.15, 0.2) is 42.7 Å². The van der Waals surface area contributed by atoms with Gasteiger partial charge in [0.2, 0.25) is 0 Å². The molecule has 2 aliphatic heterocycles. The number of hydrogen-bond donors (Lipinski definition) is 4. The monoisotopic (exact) mass is 590 g/mol. The minimum absolute atomic E-state index is 0.0232. The van der Waals surface area contributed by atoms with Gasteiger partial charge in [0.1, 0.15) is 0 Å². The number of rotatable bonds is 10. The fraction of sp³-hybridized carbons (Fsp3) is 0.529. The molecule has 2 aromatic carbocycles. The summed E-state index contributed by atoms with van der Waals surface area (Å²) in [6.45, 7) is 16.7. The lowest BCUT2D eigenvalue weighted by molar-refractivity contribution is -0.0577. The van der Waals surface area contributed by atoms with Gasteiger partial charge in [0.25, 0.3) is 5.91 Å². The second-order valence-electron chi connectivity index (χ2n) is 14.6. The molecule has 3 heterocycles. The van der Waals surface area contributed by atoms with Crippen LogP contribution in [0.4, 0.5) is 5.69 Å². The number of ether oxygens (including phenoxy) is 2. The van der Waals surface area contributed by atoms with Crippen LogP contribution in [0, 0.1) is 16.2 Å². The van der Waals surface area contributed by atoms with E-state index in [2.05, 4.69) is 41.5 Å². The highest BCUT2D eigenvalue weighted by Gasteiger charge is 2.40. The van der Waals surface area contributed by atoms with E-state index in [1.807, 2.05) is 57.1 Å². The molecule has 0 spiro atoms. The van der Waals surface area contributed by atoms with Crippen LogP contribution in [0.25, 0.3) is 16.5 Å². The lowest BCUT2D eigenvalue weighted by Crippen LogP contribution is -2.43. The lowest BCUT2D eigenvalue weighted by Gasteiger charge is -2.40. The van der Waals surface area contributed by atoms with Gasteiger partial charge >= 0.3 is 0 Å². The predicted octanol–water partition coefficient (Wildman–Crippen LogP) is 5.84. The zero-order valence-electron chi connectivity index (χ0n) is 26.7. The molecular formula is C34H46N4O5. The molecule has 0 fully saturated rings. The van der Waals surface area contributed by atoms with E-state index in [9.17, 15) is 15.0 Å². The number of fused-ring (bicyclic) bond motifs is 3. The molecule has 3 aromatic rings. The van der Waals surface area contributed by atoms with Gasteiger partial charge in [-0.3, -0.25) is 9.89 Å². The first kappa shape index (κ1) is 30.9. The van der Waals surface area contributed by atoms with Crippen molar-refractivity contribution in [3.05, 3.63) is 53.9 Å². The molecule has 0 aliphatic carbocycles. The molecule has 9 nitrogen and oxygen atoms in total. The summed E-state index contributed by atoms with van der Waals surface area (Å²) in [4.78, 5) is 15.9. The Kier molecular flexibility index (Phi) is 7.80. The van der Waals surface area contributed by atoms with Crippen LogP contribution >= 0.6 is 0 Å². The molecule has 43 heavy (non-hydrogen) atoms. The molecule has 9 heteroatoms. The molecule has 4 N–H and O–H groups in total. The zero-order valence-corrected chi connectivity index (χ0v) is 26.7. The maximum Gasteiger partial charge on any atom is 0.260 e. The minimum atomic E-state index is -0.992. The molecule has 0 radical (unpaired) electrons. The number of amides is 1. The average molecular weight is 591 g/mol. The van der Waals surface area contributed by atoms with Crippen molar-refractivity contribution >= 4 is 28.1 Å². The van der Waals surface area contributed by atoms with Gasteiger partial charge in [-0.25, -0.2) is 0 Å². The summed E-state index contributed by atoms with van der Waals surface area (Å²) in [6, 6.07) is 9.74. The van der Waals surface area contributed by atoms with Gasteiger partial charge in [0.05, 0.1) is 47.8 Å². The van der Waals surface area contributed by atoms with Gasteiger partial charge in [-0.15, -0.1) is 0 Å². The minimum Gasteiger partial charge on any atom is -0.489 e. The van der Waals surface area contributed by atoms with Crippen molar-refractivity contribution < 1.29 is 24.5 Å². The Bertz CT molecular complexity index is 1550. The van der Waals surface area contributed by atoms with Crippen LogP contribution in [0.1, 0.15) is 77.7 Å². The van der Waals surface area contributed by atoms with E-state index in [-0.39, 0.29) is 36.0 Å². The van der Waals surface area contributed by atoms with Gasteiger partial charge in [-0.1, -0.05) is 47.6 Å². The Balaban J connectivity index is 1.47. The predicted molar refractivity (Wildman–Crippen MR) is 169 cm³/mol. The highest BCUT2D eigenvalue weighted by molar-refractivity contribution is 6.03. The summed E-state index contributed by atoms with van der Waals surface area (Å²) < 4.78 is 12.7. The number of anilines is 1. The van der Waals surface area contributed by atoms with Crippen molar-refractivity contribution in [1.82, 2.24) is 15.1 Å². The number of hydrogen-bond acceptors (Lipinski definition) is 7. The highest BCUT2D eigenvalue weighted by atomic mass is 16.5. The number of aliphatic hydroxyl groups is 2. The van der Waals surface area contributed by atoms with E-state index in [0.717, 1.165) is 28.5 Å². The van der Waals surface area contributed by atoms with Gasteiger partial charge in [0.15, 0.2) is 11.5 Å². The van der Waals surface area contributed by atoms with E-state index in [0.29, 0.717) is 35.9 Å². The van der Waals surface area contributed by atoms with E-state index < -0.39 is 11.0 Å². The second kappa shape index (κ2) is 10.9. The fourth-order valence-electron chi connectivity index (χ4n) is 4.99. The fourth-order valence-corrected chi connectivity index (χ4v) is 4.99. The summed E-state index contributed by atoms with van der Waals surface area (Å²) in [7, 11) is 0. The first-order valence-electron chi connectivity index (χ1n) is 15.0. The standard InChI is InChI=1S/C34H46N4O5/c1-31(2,18-39)32(3,4)19-42-29-14-27-25(13-28(29)43-20-33(5,6)34(7,8)41)30(40)38-17-23(12-24(38)16-35-27)21-9-10-26-22(11-21)15-36-37-26/h9-11,13-15,17,24,35,39,41H,12,16,18-20H2,1-8H3,(H,36,37). The molecule has 1 aromatic heterocycles. The summed E-state index contributed by atoms with van der Waals surface area (Å²) in [6.07, 6.45) is 4.50. The summed E-state index contributed by atoms with van der Waals surface area (Å²) in [5.41, 5.74) is 2.04. The molecule has 1 atom stereocenters. The maximum atomic E-state index is 14.0. The SMILES string of the molecule is CC(C)(O)C(C)(C)COc1cc2c(cc1OCC(C)(C)C(C)(C)CO)NCC1CC(c3ccc4[nH]ncc4c3)=CN1C2=O. The number of H-pyrrole nitrogens is 1. The summed E-state index contributed by atoms with van der Waals surface area (Å²) in [5, 5.41) is 32.4. The van der Waals surface area contributed by atoms with Crippen molar-refractivity contribution in [2.24, 2.45) is 16.2 Å². The van der Waals surface area contributed by atoms with Gasteiger partial charge < -0.3 is 29.9 Å². The number of carbonyl (C=O) groups is 1. The third kappa shape index (κ3) is 5.85. The third-order valence-corrected chi connectivity index (χ3v) is 10.1. The molecule has 0 saturated carbocycles. The van der Waals surface area contributed by atoms with E-state index in [1.165, 1.54) is 0 Å². The van der Waals surface area contributed by atoms with Gasteiger partial charge in [0, 0.05) is 41.6 Å². The Labute approximate surface area is 254 Å². The number of aromatic amines is 1. The first-order chi connectivity index (χ1) is 20.0. The number of nitrogens with zero attached hydrogens (tertiary/aromatic N) is 2. The van der Waals surface area contributed by atoms with Gasteiger partial charge in [-0.2, -0.15) is 5.10 Å². The molecule has 5 rings (SSSR count). The van der Waals surface area contributed by atoms with E-state index in [4.69, 9.17) is 9.47 Å². The number of nitrogens with one attached hydrogen (secondary N) is 2. The maximum absolute atomic E-state index is 14.0. The van der Waals surface area contributed by atoms with Crippen LogP contribution in [-0.4, -0.2) is 69.2 Å². The molecular weight excluding hydrogens is 544 g/mol. The second-order valence-corrected chi connectivity index (χ2v) is 14.6. The third-order valence-electron chi connectivity index (χ3n) is 10.1. The Morgan fingerprint density at radius 1 is 0.953 bits per heavy atom. The Morgan fingerprint density at radius 2 is 1.63 bits per heavy atom. The van der Waals surface area contributed by atoms with E-state index in [1.54, 1.807) is 19.9 Å². The van der Waals surface area contributed by atoms with Crippen LogP contribution in [0.2, 0.25) is 0 Å². The van der Waals surface area contributed by atoms with Crippen molar-refractivity contribution in [1.29, 1.82) is 0 Å². The van der Waals surface area contributed by atoms with Gasteiger partial charge in [-0.05, 0) is 55.0 Å². The van der Waals surface area contributed by atoms with Crippen LogP contribution in [-0.2, 0) is 0 Å². The Morgan fingerprint density at radius 3 is 2.30 bits per heavy atom. The molecule has 2 aliphatic rings. The number of aliphatic hydroxyl groups excluding tert-OH is 1. The summed E-state index contributed by atoms with van der Waals surface area (Å²) in [5.74, 6) is 0.847. The Hall–Kier alpha value is -3.56. The quantitative estimate of drug-likeness (QED) is 0.234. The lowest BCUT2D eigenvalue weighted by atomic mass is 9.69. The summed E-state index contributed by atoms with van der Waals surface area (Å²) >= 11 is 0. The van der Waals surface area contributed by atoms with Crippen LogP contribution in [0.5, 0.6) is 11.5 Å². The van der Waals surface area contributed by atoms with Crippen molar-refractivity contribution in [2.75, 3.05) is 31.7 Å². The topological polar surface area (TPSA) is 120 Å². The molecule has 1 amide bonds. The molecule has 1 unspecified atom stereocenters. The van der Waals surface area contributed by atoms with Crippen LogP contribution in [0.3, 0.4) is 0 Å².